The Morgan fingerprint density at radius 1 is 1.33 bits per heavy atom. The topological polar surface area (TPSA) is 57.6 Å². The zero-order chi connectivity index (χ0) is 13.3. The van der Waals surface area contributed by atoms with Gasteiger partial charge in [-0.05, 0) is 49.4 Å². The molecule has 5 heteroatoms. The molecule has 0 bridgehead atoms. The molecule has 94 valence electrons. The van der Waals surface area contributed by atoms with Crippen molar-refractivity contribution in [1.29, 1.82) is 0 Å². The third kappa shape index (κ3) is 2.41. The average molecular weight is 263 g/mol. The second-order valence-electron chi connectivity index (χ2n) is 4.24. The van der Waals surface area contributed by atoms with Crippen molar-refractivity contribution in [2.75, 3.05) is 0 Å². The normalized spacial score (nSPS) is 18.2. The van der Waals surface area contributed by atoms with E-state index in [-0.39, 0.29) is 22.9 Å². The molecule has 0 saturated carbocycles. The lowest BCUT2D eigenvalue weighted by Gasteiger charge is -2.16. The Morgan fingerprint density at radius 3 is 2.61 bits per heavy atom. The Hall–Kier alpha value is -1.75. The SMILES string of the molecule is CC(C)N1C(=O)S/C(=C\c2cccc(O)c2)C1=O. The maximum Gasteiger partial charge on any atom is 0.293 e. The number of carbonyl (C=O) groups is 2. The standard InChI is InChI=1S/C13H13NO3S/c1-8(2)14-12(16)11(18-13(14)17)7-9-4-3-5-10(15)6-9/h3-8,15H,1-2H3/b11-7-. The Kier molecular flexibility index (Phi) is 3.43. The van der Waals surface area contributed by atoms with E-state index in [1.165, 1.54) is 4.90 Å². The van der Waals surface area contributed by atoms with Crippen LogP contribution in [-0.2, 0) is 4.79 Å². The van der Waals surface area contributed by atoms with Gasteiger partial charge >= 0.3 is 0 Å². The molecular formula is C13H13NO3S. The zero-order valence-corrected chi connectivity index (χ0v) is 10.9. The summed E-state index contributed by atoms with van der Waals surface area (Å²) in [5, 5.41) is 9.10. The molecule has 1 aromatic carbocycles. The van der Waals surface area contributed by atoms with Crippen LogP contribution in [0.5, 0.6) is 5.75 Å². The van der Waals surface area contributed by atoms with Crippen LogP contribution in [0.4, 0.5) is 4.79 Å². The van der Waals surface area contributed by atoms with Gasteiger partial charge in [0.25, 0.3) is 11.1 Å². The molecule has 1 fully saturated rings. The first-order valence-corrected chi connectivity index (χ1v) is 6.37. The second-order valence-corrected chi connectivity index (χ2v) is 5.23. The highest BCUT2D eigenvalue weighted by molar-refractivity contribution is 8.18. The number of rotatable bonds is 2. The van der Waals surface area contributed by atoms with Crippen LogP contribution in [0.2, 0.25) is 0 Å². The average Bonchev–Trinajstić information content (AvgIpc) is 2.54. The number of amides is 2. The number of hydrogen-bond acceptors (Lipinski definition) is 4. The minimum absolute atomic E-state index is 0.131. The molecule has 1 aliphatic rings. The number of phenols is 1. The Balaban J connectivity index is 2.31. The highest BCUT2D eigenvalue weighted by atomic mass is 32.2. The molecule has 0 atom stereocenters. The summed E-state index contributed by atoms with van der Waals surface area (Å²) in [6.07, 6.45) is 1.62. The molecule has 0 aromatic heterocycles. The zero-order valence-electron chi connectivity index (χ0n) is 10.1. The molecule has 1 aliphatic heterocycles. The van der Waals surface area contributed by atoms with Crippen LogP contribution in [0, 0.1) is 0 Å². The molecule has 2 amide bonds. The van der Waals surface area contributed by atoms with Crippen LogP contribution in [0.3, 0.4) is 0 Å². The first kappa shape index (κ1) is 12.7. The van der Waals surface area contributed by atoms with Crippen molar-refractivity contribution in [2.45, 2.75) is 19.9 Å². The highest BCUT2D eigenvalue weighted by Crippen LogP contribution is 2.33. The summed E-state index contributed by atoms with van der Waals surface area (Å²) in [6, 6.07) is 6.41. The van der Waals surface area contributed by atoms with Crippen molar-refractivity contribution in [3.63, 3.8) is 0 Å². The largest absolute Gasteiger partial charge is 0.508 e. The lowest BCUT2D eigenvalue weighted by atomic mass is 10.2. The molecule has 1 N–H and O–H groups in total. The molecule has 4 nitrogen and oxygen atoms in total. The van der Waals surface area contributed by atoms with E-state index in [0.29, 0.717) is 10.5 Å². The van der Waals surface area contributed by atoms with E-state index in [1.54, 1.807) is 44.2 Å². The molecule has 0 spiro atoms. The molecule has 0 radical (unpaired) electrons. The Bertz CT molecular complexity index is 537. The van der Waals surface area contributed by atoms with E-state index in [1.807, 2.05) is 0 Å². The summed E-state index contributed by atoms with van der Waals surface area (Å²) in [4.78, 5) is 25.3. The van der Waals surface area contributed by atoms with E-state index in [9.17, 15) is 14.7 Å². The molecule has 18 heavy (non-hydrogen) atoms. The number of benzene rings is 1. The van der Waals surface area contributed by atoms with E-state index in [0.717, 1.165) is 11.8 Å². The van der Waals surface area contributed by atoms with Crippen LogP contribution in [0.15, 0.2) is 29.2 Å². The van der Waals surface area contributed by atoms with Gasteiger partial charge < -0.3 is 5.11 Å². The first-order chi connectivity index (χ1) is 8.49. The van der Waals surface area contributed by atoms with Crippen LogP contribution >= 0.6 is 11.8 Å². The molecule has 1 aromatic rings. The molecule has 1 heterocycles. The van der Waals surface area contributed by atoms with Crippen molar-refractivity contribution in [3.8, 4) is 5.75 Å². The van der Waals surface area contributed by atoms with Crippen LogP contribution in [0.25, 0.3) is 6.08 Å². The van der Waals surface area contributed by atoms with Crippen LogP contribution in [-0.4, -0.2) is 27.2 Å². The summed E-state index contributed by atoms with van der Waals surface area (Å²) in [5.74, 6) is -0.143. The minimum Gasteiger partial charge on any atom is -0.508 e. The van der Waals surface area contributed by atoms with Crippen molar-refractivity contribution in [3.05, 3.63) is 34.7 Å². The number of thioether (sulfide) groups is 1. The predicted molar refractivity (Wildman–Crippen MR) is 71.1 cm³/mol. The van der Waals surface area contributed by atoms with Crippen molar-refractivity contribution >= 4 is 29.0 Å². The fourth-order valence-electron chi connectivity index (χ4n) is 1.69. The molecule has 0 unspecified atom stereocenters. The van der Waals surface area contributed by atoms with Crippen molar-refractivity contribution in [1.82, 2.24) is 4.90 Å². The van der Waals surface area contributed by atoms with Gasteiger partial charge in [-0.3, -0.25) is 14.5 Å². The quantitative estimate of drug-likeness (QED) is 0.834. The summed E-state index contributed by atoms with van der Waals surface area (Å²) in [5.41, 5.74) is 0.698. The van der Waals surface area contributed by atoms with Crippen molar-refractivity contribution < 1.29 is 14.7 Å². The number of nitrogens with zero attached hydrogens (tertiary/aromatic N) is 1. The number of phenolic OH excluding ortho intramolecular Hbond substituents is 1. The number of carbonyl (C=O) groups excluding carboxylic acids is 2. The summed E-state index contributed by atoms with van der Waals surface area (Å²) < 4.78 is 0. The summed E-state index contributed by atoms with van der Waals surface area (Å²) in [6.45, 7) is 3.60. The maximum absolute atomic E-state index is 12.0. The third-order valence-electron chi connectivity index (χ3n) is 2.51. The summed E-state index contributed by atoms with van der Waals surface area (Å²) in [7, 11) is 0. The van der Waals surface area contributed by atoms with Gasteiger partial charge in [-0.25, -0.2) is 0 Å². The van der Waals surface area contributed by atoms with Gasteiger partial charge in [-0.1, -0.05) is 12.1 Å². The van der Waals surface area contributed by atoms with Gasteiger partial charge in [0, 0.05) is 6.04 Å². The fourth-order valence-corrected chi connectivity index (χ4v) is 2.65. The third-order valence-corrected chi connectivity index (χ3v) is 3.39. The van der Waals surface area contributed by atoms with Gasteiger partial charge in [0.2, 0.25) is 0 Å². The molecular weight excluding hydrogens is 250 g/mol. The second kappa shape index (κ2) is 4.86. The Labute approximate surface area is 109 Å². The minimum atomic E-state index is -0.275. The molecule has 1 saturated heterocycles. The lowest BCUT2D eigenvalue weighted by Crippen LogP contribution is -2.34. The van der Waals surface area contributed by atoms with E-state index >= 15 is 0 Å². The van der Waals surface area contributed by atoms with Gasteiger partial charge in [-0.2, -0.15) is 0 Å². The smallest absolute Gasteiger partial charge is 0.293 e. The van der Waals surface area contributed by atoms with Crippen molar-refractivity contribution in [2.24, 2.45) is 0 Å². The molecule has 0 aliphatic carbocycles. The van der Waals surface area contributed by atoms with Crippen LogP contribution in [0.1, 0.15) is 19.4 Å². The van der Waals surface area contributed by atoms with Gasteiger partial charge in [0.15, 0.2) is 0 Å². The first-order valence-electron chi connectivity index (χ1n) is 5.55. The Morgan fingerprint density at radius 2 is 2.06 bits per heavy atom. The van der Waals surface area contributed by atoms with Gasteiger partial charge in [-0.15, -0.1) is 0 Å². The van der Waals surface area contributed by atoms with E-state index in [2.05, 4.69) is 0 Å². The molecule has 2 rings (SSSR count). The lowest BCUT2D eigenvalue weighted by molar-refractivity contribution is -0.123. The van der Waals surface area contributed by atoms with E-state index < -0.39 is 0 Å². The fraction of sp³-hybridized carbons (Fsp3) is 0.231. The van der Waals surface area contributed by atoms with Crippen LogP contribution < -0.4 is 0 Å². The van der Waals surface area contributed by atoms with Gasteiger partial charge in [0.1, 0.15) is 5.75 Å². The summed E-state index contributed by atoms with van der Waals surface area (Å²) >= 11 is 0.928. The number of imide groups is 1. The highest BCUT2D eigenvalue weighted by Gasteiger charge is 2.36. The number of aromatic hydroxyl groups is 1. The number of hydrogen-bond donors (Lipinski definition) is 1. The van der Waals surface area contributed by atoms with Gasteiger partial charge in [0.05, 0.1) is 4.91 Å². The maximum atomic E-state index is 12.0. The van der Waals surface area contributed by atoms with E-state index in [4.69, 9.17) is 0 Å². The monoisotopic (exact) mass is 263 g/mol. The predicted octanol–water partition coefficient (Wildman–Crippen LogP) is 2.84.